The van der Waals surface area contributed by atoms with Crippen LogP contribution in [0.1, 0.15) is 24.5 Å². The van der Waals surface area contributed by atoms with Crippen LogP contribution in [0.2, 0.25) is 0 Å². The first-order valence-corrected chi connectivity index (χ1v) is 6.25. The number of carbonyl (C=O) groups is 2. The number of hydrogen-bond acceptors (Lipinski definition) is 3. The molecule has 1 aliphatic heterocycles. The molecule has 0 aliphatic carbocycles. The Morgan fingerprint density at radius 3 is 2.80 bits per heavy atom. The van der Waals surface area contributed by atoms with Gasteiger partial charge in [-0.3, -0.25) is 14.5 Å². The number of likely N-dealkylation sites (tertiary alicyclic amines) is 1. The summed E-state index contributed by atoms with van der Waals surface area (Å²) in [7, 11) is 0. The molecule has 104 valence electrons. The van der Waals surface area contributed by atoms with Crippen LogP contribution in [0.5, 0.6) is 0 Å². The van der Waals surface area contributed by atoms with E-state index in [0.29, 0.717) is 5.56 Å². The molecule has 1 heterocycles. The van der Waals surface area contributed by atoms with E-state index in [0.717, 1.165) is 0 Å². The number of nitrogens with zero attached hydrogens (tertiary/aromatic N) is 1. The molecule has 1 aromatic rings. The van der Waals surface area contributed by atoms with E-state index in [9.17, 15) is 14.0 Å². The van der Waals surface area contributed by atoms with Gasteiger partial charge < -0.3 is 5.11 Å². The van der Waals surface area contributed by atoms with Crippen molar-refractivity contribution in [2.75, 3.05) is 6.61 Å². The molecule has 1 aliphatic rings. The van der Waals surface area contributed by atoms with Gasteiger partial charge in [0.2, 0.25) is 11.8 Å². The lowest BCUT2D eigenvalue weighted by Crippen LogP contribution is -2.29. The molecule has 0 aromatic heterocycles. The Balaban J connectivity index is 2.22. The quantitative estimate of drug-likeness (QED) is 0.648. The minimum Gasteiger partial charge on any atom is -0.384 e. The van der Waals surface area contributed by atoms with Crippen molar-refractivity contribution in [3.05, 3.63) is 35.1 Å². The summed E-state index contributed by atoms with van der Waals surface area (Å²) in [5.41, 5.74) is 0.771. The number of halogens is 1. The zero-order valence-electron chi connectivity index (χ0n) is 11.0. The Morgan fingerprint density at radius 1 is 1.45 bits per heavy atom. The molecule has 20 heavy (non-hydrogen) atoms. The predicted octanol–water partition coefficient (Wildman–Crippen LogP) is 1.06. The van der Waals surface area contributed by atoms with Crippen LogP contribution >= 0.6 is 0 Å². The molecule has 1 fully saturated rings. The molecule has 0 bridgehead atoms. The highest BCUT2D eigenvalue weighted by Gasteiger charge is 2.35. The fraction of sp³-hybridized carbons (Fsp3) is 0.333. The Morgan fingerprint density at radius 2 is 2.20 bits per heavy atom. The van der Waals surface area contributed by atoms with Gasteiger partial charge in [0.25, 0.3) is 0 Å². The van der Waals surface area contributed by atoms with Gasteiger partial charge in [0.1, 0.15) is 12.4 Å². The minimum atomic E-state index is -0.498. The molecule has 1 aromatic carbocycles. The third kappa shape index (κ3) is 2.86. The second kappa shape index (κ2) is 5.85. The Bertz CT molecular complexity index is 615. The minimum absolute atomic E-state index is 0.121. The Labute approximate surface area is 116 Å². The van der Waals surface area contributed by atoms with Gasteiger partial charge in [0.05, 0.1) is 12.1 Å². The second-order valence-electron chi connectivity index (χ2n) is 4.70. The highest BCUT2D eigenvalue weighted by atomic mass is 19.1. The van der Waals surface area contributed by atoms with Gasteiger partial charge in [-0.1, -0.05) is 24.8 Å². The third-order valence-electron chi connectivity index (χ3n) is 3.14. The van der Waals surface area contributed by atoms with Crippen molar-refractivity contribution in [1.82, 2.24) is 4.90 Å². The smallest absolute Gasteiger partial charge is 0.232 e. The van der Waals surface area contributed by atoms with Crippen LogP contribution < -0.4 is 0 Å². The second-order valence-corrected chi connectivity index (χ2v) is 4.70. The van der Waals surface area contributed by atoms with Gasteiger partial charge in [-0.25, -0.2) is 4.39 Å². The first-order valence-electron chi connectivity index (χ1n) is 6.25. The van der Waals surface area contributed by atoms with E-state index < -0.39 is 5.82 Å². The highest BCUT2D eigenvalue weighted by Crippen LogP contribution is 2.21. The highest BCUT2D eigenvalue weighted by molar-refractivity contribution is 6.03. The van der Waals surface area contributed by atoms with Crippen molar-refractivity contribution in [2.24, 2.45) is 5.92 Å². The van der Waals surface area contributed by atoms with Gasteiger partial charge in [-0.15, -0.1) is 0 Å². The molecule has 5 heteroatoms. The summed E-state index contributed by atoms with van der Waals surface area (Å²) in [6.45, 7) is 1.48. The summed E-state index contributed by atoms with van der Waals surface area (Å²) in [6, 6.07) is 4.25. The maximum atomic E-state index is 13.5. The van der Waals surface area contributed by atoms with E-state index in [1.807, 2.05) is 0 Å². The first-order chi connectivity index (χ1) is 9.52. The number of aliphatic hydroxyl groups is 1. The van der Waals surface area contributed by atoms with E-state index in [4.69, 9.17) is 5.11 Å². The average molecular weight is 275 g/mol. The maximum absolute atomic E-state index is 13.5. The van der Waals surface area contributed by atoms with Crippen molar-refractivity contribution in [2.45, 2.75) is 19.9 Å². The van der Waals surface area contributed by atoms with Crippen molar-refractivity contribution in [3.8, 4) is 11.8 Å². The number of hydrogen-bond donors (Lipinski definition) is 1. The van der Waals surface area contributed by atoms with Crippen LogP contribution in [0, 0.1) is 23.6 Å². The molecule has 2 rings (SSSR count). The lowest BCUT2D eigenvalue weighted by atomic mass is 10.1. The van der Waals surface area contributed by atoms with Gasteiger partial charge in [-0.05, 0) is 17.7 Å². The Kier molecular flexibility index (Phi) is 4.16. The monoisotopic (exact) mass is 275 g/mol. The maximum Gasteiger partial charge on any atom is 0.232 e. The SMILES string of the molecule is CC1CC(=O)N(Cc2ccc(F)c(C#CCO)c2)C1=O. The molecule has 0 saturated carbocycles. The molecule has 4 nitrogen and oxygen atoms in total. The summed E-state index contributed by atoms with van der Waals surface area (Å²) >= 11 is 0. The van der Waals surface area contributed by atoms with Crippen LogP contribution in [0.4, 0.5) is 4.39 Å². The zero-order chi connectivity index (χ0) is 14.7. The Hall–Kier alpha value is -2.19. The fourth-order valence-corrected chi connectivity index (χ4v) is 2.10. The van der Waals surface area contributed by atoms with E-state index in [1.165, 1.54) is 23.1 Å². The average Bonchev–Trinajstić information content (AvgIpc) is 2.66. The number of carbonyl (C=O) groups excluding carboxylic acids is 2. The molecule has 0 spiro atoms. The normalized spacial score (nSPS) is 18.1. The van der Waals surface area contributed by atoms with Crippen LogP contribution in [0.15, 0.2) is 18.2 Å². The van der Waals surface area contributed by atoms with E-state index in [1.54, 1.807) is 6.92 Å². The van der Waals surface area contributed by atoms with Crippen molar-refractivity contribution >= 4 is 11.8 Å². The van der Waals surface area contributed by atoms with Crippen molar-refractivity contribution in [1.29, 1.82) is 0 Å². The molecule has 2 amide bonds. The number of aliphatic hydroxyl groups excluding tert-OH is 1. The number of rotatable bonds is 2. The number of imide groups is 1. The van der Waals surface area contributed by atoms with Gasteiger partial charge in [0, 0.05) is 12.3 Å². The summed E-state index contributed by atoms with van der Waals surface area (Å²) in [5.74, 6) is 3.65. The largest absolute Gasteiger partial charge is 0.384 e. The zero-order valence-corrected chi connectivity index (χ0v) is 11.0. The van der Waals surface area contributed by atoms with E-state index in [-0.39, 0.29) is 42.9 Å². The standard InChI is InChI=1S/C15H14FNO3/c1-10-7-14(19)17(15(10)20)9-11-4-5-13(16)12(8-11)3-2-6-18/h4-5,8,10,18H,6-7,9H2,1H3. The van der Waals surface area contributed by atoms with Gasteiger partial charge >= 0.3 is 0 Å². The summed E-state index contributed by atoms with van der Waals surface area (Å²) in [5, 5.41) is 8.62. The summed E-state index contributed by atoms with van der Waals surface area (Å²) in [4.78, 5) is 24.7. The summed E-state index contributed by atoms with van der Waals surface area (Å²) < 4.78 is 13.5. The van der Waals surface area contributed by atoms with Gasteiger partial charge in [0.15, 0.2) is 0 Å². The van der Waals surface area contributed by atoms with Gasteiger partial charge in [-0.2, -0.15) is 0 Å². The van der Waals surface area contributed by atoms with Crippen LogP contribution in [0.3, 0.4) is 0 Å². The molecular weight excluding hydrogens is 261 g/mol. The molecule has 1 atom stereocenters. The van der Waals surface area contributed by atoms with E-state index in [2.05, 4.69) is 11.8 Å². The lowest BCUT2D eigenvalue weighted by Gasteiger charge is -2.14. The molecule has 0 radical (unpaired) electrons. The van der Waals surface area contributed by atoms with Crippen LogP contribution in [0.25, 0.3) is 0 Å². The third-order valence-corrected chi connectivity index (χ3v) is 3.14. The molecule has 1 N–H and O–H groups in total. The van der Waals surface area contributed by atoms with E-state index >= 15 is 0 Å². The molecule has 1 saturated heterocycles. The number of benzene rings is 1. The first kappa shape index (κ1) is 14.2. The van der Waals surface area contributed by atoms with Crippen molar-refractivity contribution in [3.63, 3.8) is 0 Å². The predicted molar refractivity (Wildman–Crippen MR) is 69.7 cm³/mol. The fourth-order valence-electron chi connectivity index (χ4n) is 2.10. The van der Waals surface area contributed by atoms with Crippen molar-refractivity contribution < 1.29 is 19.1 Å². The topological polar surface area (TPSA) is 57.6 Å². The molecular formula is C15H14FNO3. The lowest BCUT2D eigenvalue weighted by molar-refractivity contribution is -0.139. The summed E-state index contributed by atoms with van der Waals surface area (Å²) in [6.07, 6.45) is 0.219. The van der Waals surface area contributed by atoms with Crippen LogP contribution in [-0.2, 0) is 16.1 Å². The van der Waals surface area contributed by atoms with Crippen LogP contribution in [-0.4, -0.2) is 28.4 Å². The molecule has 1 unspecified atom stereocenters. The number of amides is 2.